The van der Waals surface area contributed by atoms with Gasteiger partial charge in [0.1, 0.15) is 6.61 Å². The van der Waals surface area contributed by atoms with Crippen LogP contribution in [0.5, 0.6) is 0 Å². The number of nitrogens with one attached hydrogen (secondary N) is 1. The number of benzene rings is 2. The van der Waals surface area contributed by atoms with E-state index in [9.17, 15) is 14.7 Å². The fourth-order valence-electron chi connectivity index (χ4n) is 3.95. The number of ether oxygens (including phenoxy) is 1. The van der Waals surface area contributed by atoms with Crippen LogP contribution in [0.25, 0.3) is 11.1 Å². The van der Waals surface area contributed by atoms with Crippen LogP contribution < -0.4 is 5.32 Å². The normalized spacial score (nSPS) is 15.7. The Kier molecular flexibility index (Phi) is 6.54. The van der Waals surface area contributed by atoms with Gasteiger partial charge in [0, 0.05) is 5.92 Å². The van der Waals surface area contributed by atoms with E-state index in [1.165, 1.54) is 0 Å². The Morgan fingerprint density at radius 1 is 1.07 bits per heavy atom. The van der Waals surface area contributed by atoms with E-state index in [1.807, 2.05) is 50.2 Å². The molecule has 2 aromatic rings. The summed E-state index contributed by atoms with van der Waals surface area (Å²) in [5, 5.41) is 21.8. The van der Waals surface area contributed by atoms with Crippen LogP contribution in [-0.2, 0) is 9.53 Å². The fraction of sp³-hybridized carbons (Fsp3) is 0.391. The molecule has 6 nitrogen and oxygen atoms in total. The minimum atomic E-state index is -1.18. The molecule has 0 bridgehead atoms. The summed E-state index contributed by atoms with van der Waals surface area (Å²) >= 11 is 0. The molecule has 3 rings (SSSR count). The number of carbonyl (C=O) groups excluding carboxylic acids is 1. The first-order valence-corrected chi connectivity index (χ1v) is 9.93. The topological polar surface area (TPSA) is 95.9 Å². The first-order valence-electron chi connectivity index (χ1n) is 9.93. The molecule has 0 heterocycles. The van der Waals surface area contributed by atoms with E-state index < -0.39 is 30.6 Å². The molecular weight excluding hydrogens is 370 g/mol. The molecule has 2 aromatic carbocycles. The number of carboxylic acids is 1. The van der Waals surface area contributed by atoms with Crippen molar-refractivity contribution in [3.8, 4) is 11.1 Å². The lowest BCUT2D eigenvalue weighted by molar-refractivity contribution is -0.139. The SMILES string of the molecule is CCC(C)C(NC(=O)OCC1c2ccccc2-c2ccccc21)C(O)CC(=O)O. The van der Waals surface area contributed by atoms with Gasteiger partial charge in [-0.1, -0.05) is 68.8 Å². The molecular formula is C23H27NO5. The number of hydrogen-bond donors (Lipinski definition) is 3. The Balaban J connectivity index is 1.69. The summed E-state index contributed by atoms with van der Waals surface area (Å²) in [7, 11) is 0. The van der Waals surface area contributed by atoms with Crippen molar-refractivity contribution in [2.24, 2.45) is 5.92 Å². The van der Waals surface area contributed by atoms with Crippen LogP contribution in [0.1, 0.15) is 43.7 Å². The molecule has 154 valence electrons. The van der Waals surface area contributed by atoms with E-state index in [0.29, 0.717) is 6.42 Å². The van der Waals surface area contributed by atoms with Crippen molar-refractivity contribution >= 4 is 12.1 Å². The third-order valence-corrected chi connectivity index (χ3v) is 5.68. The third-order valence-electron chi connectivity index (χ3n) is 5.68. The van der Waals surface area contributed by atoms with E-state index in [0.717, 1.165) is 22.3 Å². The second kappa shape index (κ2) is 9.09. The monoisotopic (exact) mass is 397 g/mol. The lowest BCUT2D eigenvalue weighted by Gasteiger charge is -2.28. The molecule has 0 saturated heterocycles. The van der Waals surface area contributed by atoms with Crippen molar-refractivity contribution in [1.82, 2.24) is 5.32 Å². The summed E-state index contributed by atoms with van der Waals surface area (Å²) in [5.74, 6) is -1.26. The smallest absolute Gasteiger partial charge is 0.407 e. The summed E-state index contributed by atoms with van der Waals surface area (Å²) in [4.78, 5) is 23.4. The summed E-state index contributed by atoms with van der Waals surface area (Å²) in [5.41, 5.74) is 4.52. The molecule has 1 aliphatic rings. The highest BCUT2D eigenvalue weighted by Crippen LogP contribution is 2.44. The molecule has 29 heavy (non-hydrogen) atoms. The van der Waals surface area contributed by atoms with Crippen molar-refractivity contribution in [1.29, 1.82) is 0 Å². The zero-order chi connectivity index (χ0) is 21.0. The van der Waals surface area contributed by atoms with Crippen LogP contribution in [0.2, 0.25) is 0 Å². The van der Waals surface area contributed by atoms with Crippen LogP contribution in [0.4, 0.5) is 4.79 Å². The van der Waals surface area contributed by atoms with Crippen molar-refractivity contribution in [3.05, 3.63) is 59.7 Å². The molecule has 0 aliphatic heterocycles. The van der Waals surface area contributed by atoms with E-state index >= 15 is 0 Å². The number of aliphatic hydroxyl groups excluding tert-OH is 1. The molecule has 0 fully saturated rings. The number of alkyl carbamates (subject to hydrolysis) is 1. The van der Waals surface area contributed by atoms with E-state index in [1.54, 1.807) is 0 Å². The molecule has 1 aliphatic carbocycles. The van der Waals surface area contributed by atoms with E-state index in [-0.39, 0.29) is 18.4 Å². The molecule has 3 atom stereocenters. The maximum atomic E-state index is 12.5. The van der Waals surface area contributed by atoms with Gasteiger partial charge in [-0.25, -0.2) is 4.79 Å². The van der Waals surface area contributed by atoms with Crippen molar-refractivity contribution < 1.29 is 24.5 Å². The first-order chi connectivity index (χ1) is 13.9. The molecule has 0 aromatic heterocycles. The van der Waals surface area contributed by atoms with Crippen LogP contribution >= 0.6 is 0 Å². The highest BCUT2D eigenvalue weighted by molar-refractivity contribution is 5.79. The largest absolute Gasteiger partial charge is 0.481 e. The molecule has 3 unspecified atom stereocenters. The number of aliphatic carboxylic acids is 1. The molecule has 0 radical (unpaired) electrons. The van der Waals surface area contributed by atoms with Crippen molar-refractivity contribution in [2.75, 3.05) is 6.61 Å². The van der Waals surface area contributed by atoms with Gasteiger partial charge < -0.3 is 20.3 Å². The second-order valence-corrected chi connectivity index (χ2v) is 7.55. The van der Waals surface area contributed by atoms with E-state index in [2.05, 4.69) is 17.4 Å². The van der Waals surface area contributed by atoms with E-state index in [4.69, 9.17) is 9.84 Å². The minimum Gasteiger partial charge on any atom is -0.481 e. The lowest BCUT2D eigenvalue weighted by atomic mass is 9.93. The Morgan fingerprint density at radius 2 is 1.62 bits per heavy atom. The van der Waals surface area contributed by atoms with Crippen LogP contribution in [-0.4, -0.2) is 41.0 Å². The maximum absolute atomic E-state index is 12.5. The van der Waals surface area contributed by atoms with Gasteiger partial charge in [-0.15, -0.1) is 0 Å². The number of carbonyl (C=O) groups is 2. The quantitative estimate of drug-likeness (QED) is 0.630. The zero-order valence-corrected chi connectivity index (χ0v) is 16.7. The number of fused-ring (bicyclic) bond motifs is 3. The summed E-state index contributed by atoms with van der Waals surface area (Å²) in [6, 6.07) is 15.5. The second-order valence-electron chi connectivity index (χ2n) is 7.55. The number of aliphatic hydroxyl groups is 1. The van der Waals surface area contributed by atoms with Gasteiger partial charge in [0.15, 0.2) is 0 Å². The highest BCUT2D eigenvalue weighted by atomic mass is 16.5. The van der Waals surface area contributed by atoms with Gasteiger partial charge in [-0.3, -0.25) is 4.79 Å². The molecule has 1 amide bonds. The Morgan fingerprint density at radius 3 is 2.14 bits per heavy atom. The van der Waals surface area contributed by atoms with Gasteiger partial charge in [0.05, 0.1) is 18.6 Å². The Bertz CT molecular complexity index is 836. The Labute approximate surface area is 170 Å². The number of amides is 1. The van der Waals surface area contributed by atoms with Gasteiger partial charge in [0.2, 0.25) is 0 Å². The number of rotatable bonds is 8. The number of hydrogen-bond acceptors (Lipinski definition) is 4. The zero-order valence-electron chi connectivity index (χ0n) is 16.7. The maximum Gasteiger partial charge on any atom is 0.407 e. The van der Waals surface area contributed by atoms with Crippen LogP contribution in [0.3, 0.4) is 0 Å². The predicted molar refractivity (Wildman–Crippen MR) is 110 cm³/mol. The fourth-order valence-corrected chi connectivity index (χ4v) is 3.95. The molecule has 3 N–H and O–H groups in total. The first kappa shape index (κ1) is 20.9. The highest BCUT2D eigenvalue weighted by Gasteiger charge is 2.31. The predicted octanol–water partition coefficient (Wildman–Crippen LogP) is 3.78. The van der Waals surface area contributed by atoms with Crippen molar-refractivity contribution in [2.45, 2.75) is 44.8 Å². The van der Waals surface area contributed by atoms with Gasteiger partial charge in [-0.2, -0.15) is 0 Å². The summed E-state index contributed by atoms with van der Waals surface area (Å²) in [6.07, 6.45) is -1.58. The average Bonchev–Trinajstić information content (AvgIpc) is 3.03. The summed E-state index contributed by atoms with van der Waals surface area (Å²) < 4.78 is 5.51. The van der Waals surface area contributed by atoms with Gasteiger partial charge >= 0.3 is 12.1 Å². The average molecular weight is 397 g/mol. The van der Waals surface area contributed by atoms with Crippen LogP contribution in [0, 0.1) is 5.92 Å². The lowest BCUT2D eigenvalue weighted by Crippen LogP contribution is -2.48. The summed E-state index contributed by atoms with van der Waals surface area (Å²) in [6.45, 7) is 3.95. The minimum absolute atomic E-state index is 0.0564. The van der Waals surface area contributed by atoms with Crippen molar-refractivity contribution in [3.63, 3.8) is 0 Å². The Hall–Kier alpha value is -2.86. The third kappa shape index (κ3) is 4.59. The molecule has 0 saturated carbocycles. The standard InChI is InChI=1S/C23H27NO5/c1-3-14(2)22(20(25)12-21(26)27)24-23(28)29-13-19-17-10-6-4-8-15(17)16-9-5-7-11-18(16)19/h4-11,14,19-20,22,25H,3,12-13H2,1-2H3,(H,24,28)(H,26,27). The van der Waals surface area contributed by atoms with Gasteiger partial charge in [-0.05, 0) is 28.2 Å². The molecule has 6 heteroatoms. The van der Waals surface area contributed by atoms with Gasteiger partial charge in [0.25, 0.3) is 0 Å². The number of carboxylic acid groups (broad SMARTS) is 1. The van der Waals surface area contributed by atoms with Crippen LogP contribution in [0.15, 0.2) is 48.5 Å². The molecule has 0 spiro atoms.